The predicted octanol–water partition coefficient (Wildman–Crippen LogP) is 6.18. The number of ketones is 2. The van der Waals surface area contributed by atoms with Gasteiger partial charge in [-0.25, -0.2) is 0 Å². The summed E-state index contributed by atoms with van der Waals surface area (Å²) in [6.45, 7) is 11.1. The quantitative estimate of drug-likeness (QED) is 0.307. The van der Waals surface area contributed by atoms with E-state index in [1.807, 2.05) is 39.0 Å². The van der Waals surface area contributed by atoms with Gasteiger partial charge in [0.15, 0.2) is 11.6 Å². The molecular formula is C27H30ClNO4. The standard InChI is InChI=1S/C27H30ClNO4/c1-7-33-25(32)27(5,6)16-19-21(23(30)17-11-13-18(28)14-12-17)20-10-8-9-15-29(20)22(19)24(31)26(2,3)4/h8-15H,7,16H2,1-6H3. The summed E-state index contributed by atoms with van der Waals surface area (Å²) in [6, 6.07) is 12.1. The van der Waals surface area contributed by atoms with Crippen LogP contribution in [-0.2, 0) is 16.0 Å². The lowest BCUT2D eigenvalue weighted by Crippen LogP contribution is -2.31. The van der Waals surface area contributed by atoms with Gasteiger partial charge in [-0.3, -0.25) is 14.4 Å². The van der Waals surface area contributed by atoms with Crippen LogP contribution in [0.2, 0.25) is 5.02 Å². The Labute approximate surface area is 199 Å². The van der Waals surface area contributed by atoms with Crippen LogP contribution >= 0.6 is 11.6 Å². The van der Waals surface area contributed by atoms with Crippen molar-refractivity contribution < 1.29 is 19.1 Å². The van der Waals surface area contributed by atoms with Crippen LogP contribution in [0, 0.1) is 10.8 Å². The largest absolute Gasteiger partial charge is 0.466 e. The first kappa shape index (κ1) is 24.7. The molecule has 33 heavy (non-hydrogen) atoms. The summed E-state index contributed by atoms with van der Waals surface area (Å²) in [5.41, 5.74) is 0.853. The average molecular weight is 468 g/mol. The fourth-order valence-electron chi connectivity index (χ4n) is 3.87. The summed E-state index contributed by atoms with van der Waals surface area (Å²) in [5, 5.41) is 0.528. The summed E-state index contributed by atoms with van der Waals surface area (Å²) in [6.07, 6.45) is 1.97. The molecule has 0 N–H and O–H groups in total. The number of aromatic nitrogens is 1. The number of pyridine rings is 1. The zero-order chi connectivity index (χ0) is 24.6. The van der Waals surface area contributed by atoms with Crippen molar-refractivity contribution in [1.82, 2.24) is 4.40 Å². The molecule has 0 atom stereocenters. The van der Waals surface area contributed by atoms with Crippen LogP contribution in [0.15, 0.2) is 48.7 Å². The van der Waals surface area contributed by atoms with Crippen molar-refractivity contribution in [3.63, 3.8) is 0 Å². The summed E-state index contributed by atoms with van der Waals surface area (Å²) in [5.74, 6) is -0.703. The number of benzene rings is 1. The highest BCUT2D eigenvalue weighted by atomic mass is 35.5. The van der Waals surface area contributed by atoms with Gasteiger partial charge in [-0.05, 0) is 69.2 Å². The Kier molecular flexibility index (Phi) is 6.85. The van der Waals surface area contributed by atoms with E-state index in [1.54, 1.807) is 55.6 Å². The molecule has 174 valence electrons. The van der Waals surface area contributed by atoms with Crippen LogP contribution in [0.1, 0.15) is 73.5 Å². The zero-order valence-electron chi connectivity index (χ0n) is 20.0. The van der Waals surface area contributed by atoms with Gasteiger partial charge in [0, 0.05) is 22.2 Å². The maximum absolute atomic E-state index is 13.8. The Morgan fingerprint density at radius 2 is 1.61 bits per heavy atom. The smallest absolute Gasteiger partial charge is 0.311 e. The number of ether oxygens (including phenoxy) is 1. The van der Waals surface area contributed by atoms with Gasteiger partial charge in [0.25, 0.3) is 0 Å². The lowest BCUT2D eigenvalue weighted by molar-refractivity contribution is -0.153. The predicted molar refractivity (Wildman–Crippen MR) is 130 cm³/mol. The molecule has 0 bridgehead atoms. The molecule has 1 aromatic carbocycles. The van der Waals surface area contributed by atoms with E-state index in [4.69, 9.17) is 16.3 Å². The third-order valence-electron chi connectivity index (χ3n) is 5.62. The van der Waals surface area contributed by atoms with Crippen molar-refractivity contribution in [2.24, 2.45) is 10.8 Å². The third-order valence-corrected chi connectivity index (χ3v) is 5.87. The SMILES string of the molecule is CCOC(=O)C(C)(C)Cc1c(C(=O)c2ccc(Cl)cc2)c2ccccn2c1C(=O)C(C)(C)C. The number of halogens is 1. The van der Waals surface area contributed by atoms with Gasteiger partial charge in [0.1, 0.15) is 0 Å². The number of fused-ring (bicyclic) bond motifs is 1. The molecule has 3 aromatic rings. The van der Waals surface area contributed by atoms with Crippen LogP contribution in [0.5, 0.6) is 0 Å². The molecule has 2 aromatic heterocycles. The van der Waals surface area contributed by atoms with Gasteiger partial charge in [0.05, 0.1) is 28.8 Å². The number of hydrogen-bond donors (Lipinski definition) is 0. The minimum absolute atomic E-state index is 0.103. The normalized spacial score (nSPS) is 12.1. The van der Waals surface area contributed by atoms with Gasteiger partial charge in [-0.1, -0.05) is 38.4 Å². The third kappa shape index (κ3) is 4.88. The number of carbonyl (C=O) groups excluding carboxylic acids is 3. The Morgan fingerprint density at radius 1 is 0.970 bits per heavy atom. The number of nitrogens with zero attached hydrogens (tertiary/aromatic N) is 1. The molecule has 0 radical (unpaired) electrons. The van der Waals surface area contributed by atoms with E-state index < -0.39 is 10.8 Å². The van der Waals surface area contributed by atoms with Crippen LogP contribution in [0.25, 0.3) is 5.52 Å². The number of rotatable bonds is 7. The molecular weight excluding hydrogens is 438 g/mol. The van der Waals surface area contributed by atoms with Gasteiger partial charge in [0.2, 0.25) is 0 Å². The highest BCUT2D eigenvalue weighted by molar-refractivity contribution is 6.30. The Morgan fingerprint density at radius 3 is 2.18 bits per heavy atom. The number of Topliss-reactive ketones (excluding diaryl/α,β-unsaturated/α-hetero) is 1. The van der Waals surface area contributed by atoms with Crippen molar-refractivity contribution in [2.45, 2.75) is 48.0 Å². The fourth-order valence-corrected chi connectivity index (χ4v) is 4.00. The fraction of sp³-hybridized carbons (Fsp3) is 0.370. The molecule has 0 saturated heterocycles. The van der Waals surface area contributed by atoms with Crippen molar-refractivity contribution in [1.29, 1.82) is 0 Å². The van der Waals surface area contributed by atoms with Crippen molar-refractivity contribution in [3.05, 3.63) is 76.1 Å². The molecule has 5 nitrogen and oxygen atoms in total. The molecule has 0 fully saturated rings. The maximum Gasteiger partial charge on any atom is 0.311 e. The summed E-state index contributed by atoms with van der Waals surface area (Å²) in [4.78, 5) is 40.1. The topological polar surface area (TPSA) is 64.8 Å². The Bertz CT molecular complexity index is 1210. The van der Waals surface area contributed by atoms with E-state index in [-0.39, 0.29) is 30.6 Å². The molecule has 3 rings (SSSR count). The molecule has 0 aliphatic carbocycles. The molecule has 0 unspecified atom stereocenters. The number of esters is 1. The highest BCUT2D eigenvalue weighted by Gasteiger charge is 2.38. The lowest BCUT2D eigenvalue weighted by Gasteiger charge is -2.24. The Balaban J connectivity index is 2.33. The van der Waals surface area contributed by atoms with E-state index in [0.717, 1.165) is 0 Å². The minimum atomic E-state index is -0.942. The van der Waals surface area contributed by atoms with Gasteiger partial charge < -0.3 is 9.14 Å². The van der Waals surface area contributed by atoms with Gasteiger partial charge in [-0.2, -0.15) is 0 Å². The van der Waals surface area contributed by atoms with Crippen LogP contribution in [0.4, 0.5) is 0 Å². The molecule has 0 spiro atoms. The molecule has 0 amide bonds. The molecule has 0 aliphatic rings. The second-order valence-corrected chi connectivity index (χ2v) is 10.3. The van der Waals surface area contributed by atoms with E-state index >= 15 is 0 Å². The maximum atomic E-state index is 13.8. The zero-order valence-corrected chi connectivity index (χ0v) is 20.7. The minimum Gasteiger partial charge on any atom is -0.466 e. The van der Waals surface area contributed by atoms with Gasteiger partial charge in [-0.15, -0.1) is 0 Å². The summed E-state index contributed by atoms with van der Waals surface area (Å²) >= 11 is 6.02. The van der Waals surface area contributed by atoms with Crippen molar-refractivity contribution >= 4 is 34.7 Å². The highest BCUT2D eigenvalue weighted by Crippen LogP contribution is 2.36. The lowest BCUT2D eigenvalue weighted by atomic mass is 9.80. The van der Waals surface area contributed by atoms with Crippen LogP contribution in [-0.4, -0.2) is 28.5 Å². The number of carbonyl (C=O) groups is 3. The van der Waals surface area contributed by atoms with E-state index in [2.05, 4.69) is 0 Å². The first-order chi connectivity index (χ1) is 15.4. The van der Waals surface area contributed by atoms with E-state index in [0.29, 0.717) is 32.9 Å². The van der Waals surface area contributed by atoms with Crippen LogP contribution < -0.4 is 0 Å². The van der Waals surface area contributed by atoms with Crippen LogP contribution in [0.3, 0.4) is 0 Å². The second-order valence-electron chi connectivity index (χ2n) is 9.85. The first-order valence-corrected chi connectivity index (χ1v) is 11.4. The molecule has 2 heterocycles. The van der Waals surface area contributed by atoms with Crippen molar-refractivity contribution in [3.8, 4) is 0 Å². The molecule has 6 heteroatoms. The average Bonchev–Trinajstić information content (AvgIpc) is 3.05. The van der Waals surface area contributed by atoms with E-state index in [1.165, 1.54) is 0 Å². The molecule has 0 aliphatic heterocycles. The number of hydrogen-bond acceptors (Lipinski definition) is 4. The monoisotopic (exact) mass is 467 g/mol. The summed E-state index contributed by atoms with van der Waals surface area (Å²) in [7, 11) is 0. The second kappa shape index (κ2) is 9.14. The van der Waals surface area contributed by atoms with Crippen molar-refractivity contribution in [2.75, 3.05) is 6.61 Å². The van der Waals surface area contributed by atoms with E-state index in [9.17, 15) is 14.4 Å². The molecule has 0 saturated carbocycles. The Hall–Kier alpha value is -2.92. The van der Waals surface area contributed by atoms with Gasteiger partial charge >= 0.3 is 5.97 Å². The first-order valence-electron chi connectivity index (χ1n) is 11.0. The summed E-state index contributed by atoms with van der Waals surface area (Å²) < 4.78 is 7.06.